The fourth-order valence-corrected chi connectivity index (χ4v) is 2.12. The summed E-state index contributed by atoms with van der Waals surface area (Å²) in [4.78, 5) is 6.31. The van der Waals surface area contributed by atoms with E-state index in [1.165, 1.54) is 11.1 Å². The molecule has 0 aliphatic carbocycles. The van der Waals surface area contributed by atoms with Gasteiger partial charge in [0.2, 0.25) is 0 Å². The van der Waals surface area contributed by atoms with E-state index in [2.05, 4.69) is 48.1 Å². The normalized spacial score (nSPS) is 12.7. The van der Waals surface area contributed by atoms with Crippen molar-refractivity contribution in [3.63, 3.8) is 0 Å². The van der Waals surface area contributed by atoms with E-state index in [4.69, 9.17) is 11.6 Å². The number of hydrogen-bond acceptors (Lipinski definition) is 2. The van der Waals surface area contributed by atoms with Gasteiger partial charge in [0.05, 0.1) is 0 Å². The van der Waals surface area contributed by atoms with Crippen molar-refractivity contribution < 1.29 is 0 Å². The Morgan fingerprint density at radius 3 is 2.61 bits per heavy atom. The Balaban J connectivity index is 2.07. The third-order valence-corrected chi connectivity index (χ3v) is 3.38. The second kappa shape index (κ2) is 5.98. The van der Waals surface area contributed by atoms with Crippen molar-refractivity contribution in [3.8, 4) is 0 Å². The summed E-state index contributed by atoms with van der Waals surface area (Å²) in [6.45, 7) is 3.09. The van der Waals surface area contributed by atoms with Gasteiger partial charge in [-0.2, -0.15) is 0 Å². The average Bonchev–Trinajstić information content (AvgIpc) is 2.39. The second-order valence-electron chi connectivity index (χ2n) is 4.49. The number of rotatable bonds is 4. The van der Waals surface area contributed by atoms with Crippen LogP contribution in [-0.4, -0.2) is 16.9 Å². The van der Waals surface area contributed by atoms with Crippen molar-refractivity contribution in [1.82, 2.24) is 9.88 Å². The fourth-order valence-electron chi connectivity index (χ4n) is 1.94. The van der Waals surface area contributed by atoms with Crippen LogP contribution in [0.4, 0.5) is 0 Å². The summed E-state index contributed by atoms with van der Waals surface area (Å²) >= 11 is 5.92. The van der Waals surface area contributed by atoms with Gasteiger partial charge in [0.25, 0.3) is 0 Å². The van der Waals surface area contributed by atoms with E-state index < -0.39 is 0 Å². The van der Waals surface area contributed by atoms with Gasteiger partial charge in [0.15, 0.2) is 0 Å². The molecule has 1 unspecified atom stereocenters. The molecule has 0 bridgehead atoms. The Kier molecular flexibility index (Phi) is 4.34. The van der Waals surface area contributed by atoms with Gasteiger partial charge in [0, 0.05) is 18.8 Å². The molecule has 2 rings (SSSR count). The average molecular weight is 261 g/mol. The topological polar surface area (TPSA) is 16.1 Å². The second-order valence-corrected chi connectivity index (χ2v) is 4.88. The van der Waals surface area contributed by atoms with Crippen molar-refractivity contribution in [2.24, 2.45) is 0 Å². The van der Waals surface area contributed by atoms with Crippen molar-refractivity contribution >= 4 is 11.6 Å². The van der Waals surface area contributed by atoms with Gasteiger partial charge < -0.3 is 0 Å². The quantitative estimate of drug-likeness (QED) is 0.775. The molecule has 1 atom stereocenters. The molecule has 1 heterocycles. The number of aromatic nitrogens is 1. The molecule has 3 heteroatoms. The summed E-state index contributed by atoms with van der Waals surface area (Å²) in [5, 5.41) is 0.549. The molecule has 1 aromatic carbocycles. The van der Waals surface area contributed by atoms with Crippen LogP contribution in [0.15, 0.2) is 48.7 Å². The lowest BCUT2D eigenvalue weighted by molar-refractivity contribution is 0.253. The number of hydrogen-bond donors (Lipinski definition) is 0. The maximum atomic E-state index is 5.92. The molecule has 0 radical (unpaired) electrons. The Bertz CT molecular complexity index is 499. The number of nitrogens with zero attached hydrogens (tertiary/aromatic N) is 2. The highest BCUT2D eigenvalue weighted by atomic mass is 35.5. The molecule has 2 nitrogen and oxygen atoms in total. The van der Waals surface area contributed by atoms with E-state index >= 15 is 0 Å². The Hall–Kier alpha value is -1.38. The first-order chi connectivity index (χ1) is 8.66. The summed E-state index contributed by atoms with van der Waals surface area (Å²) in [5.41, 5.74) is 2.50. The first-order valence-electron chi connectivity index (χ1n) is 6.02. The van der Waals surface area contributed by atoms with Gasteiger partial charge in [-0.3, -0.25) is 4.90 Å². The van der Waals surface area contributed by atoms with Gasteiger partial charge in [-0.25, -0.2) is 4.98 Å². The molecule has 0 amide bonds. The van der Waals surface area contributed by atoms with Crippen LogP contribution < -0.4 is 0 Å². The van der Waals surface area contributed by atoms with Crippen LogP contribution in [0.5, 0.6) is 0 Å². The molecular weight excluding hydrogens is 244 g/mol. The van der Waals surface area contributed by atoms with Crippen LogP contribution >= 0.6 is 11.6 Å². The largest absolute Gasteiger partial charge is 0.295 e. The maximum Gasteiger partial charge on any atom is 0.129 e. The molecule has 0 saturated carbocycles. The van der Waals surface area contributed by atoms with E-state index in [0.29, 0.717) is 11.2 Å². The highest BCUT2D eigenvalue weighted by Crippen LogP contribution is 2.21. The van der Waals surface area contributed by atoms with E-state index in [1.54, 1.807) is 6.20 Å². The van der Waals surface area contributed by atoms with Crippen LogP contribution in [0.2, 0.25) is 5.15 Å². The van der Waals surface area contributed by atoms with Gasteiger partial charge in [0.1, 0.15) is 5.15 Å². The zero-order chi connectivity index (χ0) is 13.0. The fraction of sp³-hybridized carbons (Fsp3) is 0.267. The minimum absolute atomic E-state index is 0.311. The smallest absolute Gasteiger partial charge is 0.129 e. The van der Waals surface area contributed by atoms with Crippen molar-refractivity contribution in [2.75, 3.05) is 7.05 Å². The number of pyridine rings is 1. The lowest BCUT2D eigenvalue weighted by atomic mass is 10.1. The maximum absolute atomic E-state index is 5.92. The minimum atomic E-state index is 0.311. The Morgan fingerprint density at radius 2 is 1.94 bits per heavy atom. The standard InChI is InChI=1S/C15H17ClN2/c1-12(14-8-9-17-15(16)10-14)18(2)11-13-6-4-3-5-7-13/h3-10,12H,11H2,1-2H3. The van der Waals surface area contributed by atoms with E-state index in [1.807, 2.05) is 18.2 Å². The first kappa shape index (κ1) is 13.1. The highest BCUT2D eigenvalue weighted by molar-refractivity contribution is 6.29. The van der Waals surface area contributed by atoms with Crippen LogP contribution in [0.1, 0.15) is 24.1 Å². The molecule has 0 aliphatic heterocycles. The van der Waals surface area contributed by atoms with Crippen LogP contribution in [-0.2, 0) is 6.54 Å². The van der Waals surface area contributed by atoms with Crippen molar-refractivity contribution in [3.05, 3.63) is 64.9 Å². The zero-order valence-electron chi connectivity index (χ0n) is 10.7. The predicted molar refractivity (Wildman–Crippen MR) is 75.6 cm³/mol. The third kappa shape index (κ3) is 3.31. The number of halogens is 1. The summed E-state index contributed by atoms with van der Waals surface area (Å²) in [5.74, 6) is 0. The van der Waals surface area contributed by atoms with E-state index in [9.17, 15) is 0 Å². The molecule has 0 N–H and O–H groups in total. The Morgan fingerprint density at radius 1 is 1.22 bits per heavy atom. The summed E-state index contributed by atoms with van der Waals surface area (Å²) in [6.07, 6.45) is 1.75. The SMILES string of the molecule is CC(c1ccnc(Cl)c1)N(C)Cc1ccccc1. The molecular formula is C15H17ClN2. The summed E-state index contributed by atoms with van der Waals surface area (Å²) < 4.78 is 0. The van der Waals surface area contributed by atoms with Crippen LogP contribution in [0, 0.1) is 0 Å². The third-order valence-electron chi connectivity index (χ3n) is 3.17. The molecule has 0 saturated heterocycles. The van der Waals surface area contributed by atoms with Gasteiger partial charge >= 0.3 is 0 Å². The zero-order valence-corrected chi connectivity index (χ0v) is 11.4. The highest BCUT2D eigenvalue weighted by Gasteiger charge is 2.12. The lowest BCUT2D eigenvalue weighted by Gasteiger charge is -2.25. The summed E-state index contributed by atoms with van der Waals surface area (Å²) in [6, 6.07) is 14.7. The summed E-state index contributed by atoms with van der Waals surface area (Å²) in [7, 11) is 2.12. The molecule has 0 spiro atoms. The predicted octanol–water partition coefficient (Wildman–Crippen LogP) is 3.93. The van der Waals surface area contributed by atoms with Crippen LogP contribution in [0.3, 0.4) is 0 Å². The molecule has 94 valence electrons. The molecule has 1 aromatic heterocycles. The molecule has 0 aliphatic rings. The molecule has 18 heavy (non-hydrogen) atoms. The van der Waals surface area contributed by atoms with Crippen molar-refractivity contribution in [1.29, 1.82) is 0 Å². The van der Waals surface area contributed by atoms with E-state index in [-0.39, 0.29) is 0 Å². The van der Waals surface area contributed by atoms with Crippen molar-refractivity contribution in [2.45, 2.75) is 19.5 Å². The van der Waals surface area contributed by atoms with Crippen LogP contribution in [0.25, 0.3) is 0 Å². The Labute approximate surface area is 113 Å². The van der Waals surface area contributed by atoms with E-state index in [0.717, 1.165) is 6.54 Å². The minimum Gasteiger partial charge on any atom is -0.295 e. The molecule has 2 aromatic rings. The van der Waals surface area contributed by atoms with Gasteiger partial charge in [-0.05, 0) is 37.2 Å². The lowest BCUT2D eigenvalue weighted by Crippen LogP contribution is -2.21. The number of benzene rings is 1. The monoisotopic (exact) mass is 260 g/mol. The van der Waals surface area contributed by atoms with Gasteiger partial charge in [-0.1, -0.05) is 41.9 Å². The first-order valence-corrected chi connectivity index (χ1v) is 6.40. The molecule has 0 fully saturated rings. The van der Waals surface area contributed by atoms with Gasteiger partial charge in [-0.15, -0.1) is 0 Å².